The van der Waals surface area contributed by atoms with Gasteiger partial charge in [0.05, 0.1) is 0 Å². The average Bonchev–Trinajstić information content (AvgIpc) is 2.44. The topological polar surface area (TPSA) is 57.3 Å². The Morgan fingerprint density at radius 2 is 1.00 bits per heavy atom. The van der Waals surface area contributed by atoms with Gasteiger partial charge in [-0.25, -0.2) is 0 Å². The molecule has 0 aromatic heterocycles. The van der Waals surface area contributed by atoms with E-state index in [2.05, 4.69) is 41.2 Å². The van der Waals surface area contributed by atoms with Crippen LogP contribution in [0.2, 0.25) is 0 Å². The molecule has 22 heavy (non-hydrogen) atoms. The summed E-state index contributed by atoms with van der Waals surface area (Å²) >= 11 is 0.00694. The molecule has 1 aliphatic heterocycles. The van der Waals surface area contributed by atoms with Crippen LogP contribution in [0, 0.1) is 0 Å². The minimum atomic E-state index is 0. The fourth-order valence-electron chi connectivity index (χ4n) is 2.30. The second-order valence-electron chi connectivity index (χ2n) is 5.70. The summed E-state index contributed by atoms with van der Waals surface area (Å²) in [5.74, 6) is 0. The molecule has 1 saturated heterocycles. The Morgan fingerprint density at radius 1 is 0.682 bits per heavy atom. The van der Waals surface area contributed by atoms with Crippen molar-refractivity contribution >= 4 is 20.2 Å². The normalized spacial score (nSPS) is 21.7. The predicted octanol–water partition coefficient (Wildman–Crippen LogP) is 3.43. The Hall–Kier alpha value is 0.899. The summed E-state index contributed by atoms with van der Waals surface area (Å²) in [6, 6.07) is 0. The molecule has 0 atom stereocenters. The molecule has 137 valence electrons. The van der Waals surface area contributed by atoms with Crippen molar-refractivity contribution in [1.29, 1.82) is 0 Å². The van der Waals surface area contributed by atoms with Gasteiger partial charge in [-0.05, 0) is 53.7 Å². The number of nitrogens with two attached hydrogens (primary N) is 1. The van der Waals surface area contributed by atoms with E-state index in [4.69, 9.17) is 20.2 Å². The predicted molar refractivity (Wildman–Crippen MR) is 96.4 cm³/mol. The molecular formula is C14H33Cl2MnN5-2. The third-order valence-corrected chi connectivity index (χ3v) is 3.66. The molecule has 0 saturated carbocycles. The number of rotatable bonds is 0. The van der Waals surface area contributed by atoms with Crippen LogP contribution in [0.3, 0.4) is 0 Å². The molecule has 1 heterocycles. The molecule has 0 spiro atoms. The number of halogens is 2. The molecule has 0 unspecified atom stereocenters. The smallest absolute Gasteiger partial charge is 0.693 e. The first kappa shape index (κ1) is 25.1. The van der Waals surface area contributed by atoms with Gasteiger partial charge in [0.15, 0.2) is 0 Å². The summed E-state index contributed by atoms with van der Waals surface area (Å²) in [6.45, 7) is 9.20. The van der Waals surface area contributed by atoms with Crippen LogP contribution >= 0.6 is 20.2 Å². The monoisotopic (exact) mass is 396 g/mol. The van der Waals surface area contributed by atoms with Crippen LogP contribution in [0.4, 0.5) is 0 Å². The first-order valence-corrected chi connectivity index (χ1v) is 10.9. The molecule has 0 aromatic carbocycles. The zero-order valence-electron chi connectivity index (χ0n) is 14.3. The zero-order valence-corrected chi connectivity index (χ0v) is 17.0. The number of hydrogen-bond acceptors (Lipinski definition) is 3. The third-order valence-electron chi connectivity index (χ3n) is 3.66. The first-order valence-electron chi connectivity index (χ1n) is 7.66. The molecule has 5 nitrogen and oxygen atoms in total. The van der Waals surface area contributed by atoms with E-state index in [0.717, 1.165) is 13.1 Å². The maximum Gasteiger partial charge on any atom is -0.693 e. The van der Waals surface area contributed by atoms with Crippen molar-refractivity contribution in [2.75, 3.05) is 73.5 Å². The van der Waals surface area contributed by atoms with Crippen LogP contribution in [-0.4, -0.2) is 88.2 Å². The van der Waals surface area contributed by atoms with Crippen LogP contribution in [0.5, 0.6) is 0 Å². The molecule has 1 fully saturated rings. The number of nitrogens with zero attached hydrogens (tertiary/aromatic N) is 4. The van der Waals surface area contributed by atoms with Crippen molar-refractivity contribution in [3.63, 3.8) is 0 Å². The minimum absolute atomic E-state index is 0. The zero-order chi connectivity index (χ0) is 15.9. The fourth-order valence-corrected chi connectivity index (χ4v) is 2.30. The molecule has 2 N–H and O–H groups in total. The van der Waals surface area contributed by atoms with Crippen LogP contribution < -0.4 is 0 Å². The van der Waals surface area contributed by atoms with Crippen molar-refractivity contribution < 1.29 is 13.1 Å². The summed E-state index contributed by atoms with van der Waals surface area (Å²) in [5.41, 5.74) is 0. The van der Waals surface area contributed by atoms with Gasteiger partial charge >= 0.3 is 33.3 Å². The van der Waals surface area contributed by atoms with Gasteiger partial charge in [0.1, 0.15) is 0 Å². The molecule has 0 aromatic rings. The molecule has 1 aliphatic rings. The Bertz CT molecular complexity index is 227. The standard InChI is InChI=1S/C14H31N4.2ClH.Mn.H2N/c1-16-9-4-7-15-8-5-10-17(2)13-14-18(3)12-6-11-16;;;;/h4-14H2,1-3H3;2*1H;;1H2/q-1;;;+2;-1/p-2. The Morgan fingerprint density at radius 3 is 1.41 bits per heavy atom. The second kappa shape index (κ2) is 18.2. The van der Waals surface area contributed by atoms with Crippen LogP contribution in [0.25, 0.3) is 11.5 Å². The fraction of sp³-hybridized carbons (Fsp3) is 1.00. The van der Waals surface area contributed by atoms with Gasteiger partial charge in [0.25, 0.3) is 0 Å². The van der Waals surface area contributed by atoms with E-state index in [1.807, 2.05) is 0 Å². The van der Waals surface area contributed by atoms with E-state index in [9.17, 15) is 0 Å². The summed E-state index contributed by atoms with van der Waals surface area (Å²) in [6.07, 6.45) is 3.69. The summed E-state index contributed by atoms with van der Waals surface area (Å²) < 4.78 is 0. The van der Waals surface area contributed by atoms with E-state index in [1.54, 1.807) is 0 Å². The van der Waals surface area contributed by atoms with Crippen molar-refractivity contribution in [1.82, 2.24) is 14.7 Å². The average molecular weight is 397 g/mol. The van der Waals surface area contributed by atoms with Gasteiger partial charge in [0.2, 0.25) is 0 Å². The SMILES string of the molecule is CN1CCC[N-]CCCN(C)CCN(C)CCC1.[Cl][Mn][Cl].[NH2-]. The van der Waals surface area contributed by atoms with E-state index < -0.39 is 0 Å². The van der Waals surface area contributed by atoms with Gasteiger partial charge in [-0.3, -0.25) is 0 Å². The Kier molecular flexibility index (Phi) is 20.8. The molecule has 0 amide bonds. The van der Waals surface area contributed by atoms with E-state index >= 15 is 0 Å². The van der Waals surface area contributed by atoms with Crippen molar-refractivity contribution in [3.05, 3.63) is 11.5 Å². The summed E-state index contributed by atoms with van der Waals surface area (Å²) in [5, 5.41) is 4.60. The second-order valence-corrected chi connectivity index (χ2v) is 7.64. The minimum Gasteiger partial charge on any atom is -0.693 e. The summed E-state index contributed by atoms with van der Waals surface area (Å²) in [4.78, 5) is 7.32. The van der Waals surface area contributed by atoms with Gasteiger partial charge in [-0.15, -0.1) is 13.1 Å². The third kappa shape index (κ3) is 17.3. The largest absolute Gasteiger partial charge is 0.693 e. The first-order chi connectivity index (χ1) is 10.1. The van der Waals surface area contributed by atoms with E-state index in [1.165, 1.54) is 58.5 Å². The van der Waals surface area contributed by atoms with Gasteiger partial charge < -0.3 is 26.2 Å². The van der Waals surface area contributed by atoms with Crippen LogP contribution in [-0.2, 0) is 13.1 Å². The molecule has 0 radical (unpaired) electrons. The Balaban J connectivity index is 0. The van der Waals surface area contributed by atoms with E-state index in [-0.39, 0.29) is 19.3 Å². The maximum absolute atomic E-state index is 4.80. The van der Waals surface area contributed by atoms with Crippen molar-refractivity contribution in [3.8, 4) is 0 Å². The molecule has 0 aliphatic carbocycles. The van der Waals surface area contributed by atoms with Gasteiger partial charge in [-0.1, -0.05) is 12.8 Å². The van der Waals surface area contributed by atoms with Gasteiger partial charge in [0, 0.05) is 13.1 Å². The molecule has 1 rings (SSSR count). The molecule has 8 heteroatoms. The number of hydrogen-bond donors (Lipinski definition) is 0. The Labute approximate surface area is 152 Å². The summed E-state index contributed by atoms with van der Waals surface area (Å²) in [7, 11) is 16.3. The van der Waals surface area contributed by atoms with Crippen LogP contribution in [0.1, 0.15) is 19.3 Å². The maximum atomic E-state index is 4.80. The van der Waals surface area contributed by atoms with Gasteiger partial charge in [-0.2, -0.15) is 0 Å². The quantitative estimate of drug-likeness (QED) is 0.589. The number of likely N-dealkylation sites (N-methyl/N-ethyl adjacent to an activating group) is 2. The molecular weight excluding hydrogens is 364 g/mol. The van der Waals surface area contributed by atoms with E-state index in [0.29, 0.717) is 0 Å². The molecule has 0 bridgehead atoms. The van der Waals surface area contributed by atoms with Crippen molar-refractivity contribution in [2.45, 2.75) is 19.3 Å². The van der Waals surface area contributed by atoms with Crippen molar-refractivity contribution in [2.24, 2.45) is 0 Å². The van der Waals surface area contributed by atoms with Crippen LogP contribution in [0.15, 0.2) is 0 Å².